The highest BCUT2D eigenvalue weighted by Crippen LogP contribution is 2.51. The van der Waals surface area contributed by atoms with Crippen molar-refractivity contribution in [3.8, 4) is 0 Å². The molecular weight excluding hydrogens is 326 g/mol. The van der Waals surface area contributed by atoms with Gasteiger partial charge >= 0.3 is 12.4 Å². The van der Waals surface area contributed by atoms with Gasteiger partial charge in [-0.3, -0.25) is 4.79 Å². The van der Waals surface area contributed by atoms with E-state index in [1.807, 2.05) is 0 Å². The summed E-state index contributed by atoms with van der Waals surface area (Å²) in [7, 11) is 0. The summed E-state index contributed by atoms with van der Waals surface area (Å²) in [4.78, 5) is 11.5. The Hall–Kier alpha value is -2.13. The summed E-state index contributed by atoms with van der Waals surface area (Å²) in [6, 6.07) is 1.28. The van der Waals surface area contributed by atoms with E-state index in [1.165, 1.54) is 5.32 Å². The smallest absolute Gasteiger partial charge is 0.325 e. The number of anilines is 1. The van der Waals surface area contributed by atoms with Crippen LogP contribution in [0, 0.1) is 17.0 Å². The van der Waals surface area contributed by atoms with Gasteiger partial charge in [-0.15, -0.1) is 6.58 Å². The normalized spacial score (nSPS) is 12.9. The van der Waals surface area contributed by atoms with Gasteiger partial charge in [-0.2, -0.15) is 26.3 Å². The van der Waals surface area contributed by atoms with Crippen LogP contribution in [0.5, 0.6) is 0 Å². The molecule has 22 heavy (non-hydrogen) atoms. The van der Waals surface area contributed by atoms with Crippen molar-refractivity contribution in [1.82, 2.24) is 0 Å². The fourth-order valence-electron chi connectivity index (χ4n) is 1.55. The fourth-order valence-corrected chi connectivity index (χ4v) is 1.55. The van der Waals surface area contributed by atoms with E-state index < -0.39 is 47.1 Å². The maximum absolute atomic E-state index is 12.9. The first-order valence-corrected chi connectivity index (χ1v) is 5.40. The minimum absolute atomic E-state index is 0.244. The molecule has 0 aliphatic rings. The van der Waals surface area contributed by atoms with Gasteiger partial charge in [0, 0.05) is 11.8 Å². The number of benzene rings is 1. The Morgan fingerprint density at radius 3 is 1.86 bits per heavy atom. The number of amides is 1. The first-order valence-electron chi connectivity index (χ1n) is 5.40. The molecule has 1 N–H and O–H groups in total. The van der Waals surface area contributed by atoms with Crippen LogP contribution in [-0.4, -0.2) is 18.3 Å². The van der Waals surface area contributed by atoms with Crippen molar-refractivity contribution in [1.29, 1.82) is 0 Å². The highest BCUT2D eigenvalue weighted by Gasteiger charge is 2.73. The third kappa shape index (κ3) is 2.90. The summed E-state index contributed by atoms with van der Waals surface area (Å²) >= 11 is 0. The van der Waals surface area contributed by atoms with Gasteiger partial charge in [-0.25, -0.2) is 8.78 Å². The molecule has 122 valence electrons. The van der Waals surface area contributed by atoms with Crippen LogP contribution in [0.2, 0.25) is 0 Å². The van der Waals surface area contributed by atoms with E-state index in [1.54, 1.807) is 0 Å². The zero-order valence-corrected chi connectivity index (χ0v) is 10.4. The quantitative estimate of drug-likeness (QED) is 0.652. The van der Waals surface area contributed by atoms with Crippen LogP contribution in [0.4, 0.5) is 40.8 Å². The second kappa shape index (κ2) is 5.58. The third-order valence-electron chi connectivity index (χ3n) is 2.74. The number of hydrogen-bond acceptors (Lipinski definition) is 1. The molecule has 1 rings (SSSR count). The molecule has 0 unspecified atom stereocenters. The van der Waals surface area contributed by atoms with Gasteiger partial charge in [0.1, 0.15) is 0 Å². The number of hydrogen-bond donors (Lipinski definition) is 1. The third-order valence-corrected chi connectivity index (χ3v) is 2.74. The summed E-state index contributed by atoms with van der Waals surface area (Å²) in [6.45, 7) is 2.43. The molecule has 0 aliphatic carbocycles. The summed E-state index contributed by atoms with van der Waals surface area (Å²) in [5.41, 5.74) is -5.66. The van der Waals surface area contributed by atoms with Gasteiger partial charge in [0.2, 0.25) is 0 Å². The molecule has 0 saturated heterocycles. The SMILES string of the molecule is C=CC(C(=O)Nc1ccc(F)c(F)c1)(C(F)(F)F)C(F)(F)F. The first-order chi connectivity index (χ1) is 9.86. The lowest BCUT2D eigenvalue weighted by atomic mass is 9.85. The Labute approximate surface area is 118 Å². The van der Waals surface area contributed by atoms with Crippen LogP contribution >= 0.6 is 0 Å². The van der Waals surface area contributed by atoms with Crippen molar-refractivity contribution >= 4 is 11.6 Å². The van der Waals surface area contributed by atoms with E-state index in [-0.39, 0.29) is 6.07 Å². The Bertz CT molecular complexity index is 576. The maximum atomic E-state index is 12.9. The van der Waals surface area contributed by atoms with Crippen molar-refractivity contribution in [2.75, 3.05) is 5.32 Å². The minimum Gasteiger partial charge on any atom is -0.325 e. The van der Waals surface area contributed by atoms with Gasteiger partial charge in [-0.1, -0.05) is 6.08 Å². The highest BCUT2D eigenvalue weighted by atomic mass is 19.4. The fraction of sp³-hybridized carbons (Fsp3) is 0.250. The molecule has 1 amide bonds. The summed E-state index contributed by atoms with van der Waals surface area (Å²) in [6.07, 6.45) is -12.7. The van der Waals surface area contributed by atoms with Crippen LogP contribution in [0.3, 0.4) is 0 Å². The van der Waals surface area contributed by atoms with Crippen molar-refractivity contribution in [2.24, 2.45) is 5.41 Å². The average Bonchev–Trinajstić information content (AvgIpc) is 2.31. The molecule has 0 bridgehead atoms. The second-order valence-corrected chi connectivity index (χ2v) is 4.09. The van der Waals surface area contributed by atoms with E-state index in [0.29, 0.717) is 12.1 Å². The monoisotopic (exact) mass is 333 g/mol. The molecule has 2 nitrogen and oxygen atoms in total. The number of rotatable bonds is 3. The molecule has 1 aromatic rings. The Morgan fingerprint density at radius 1 is 1.00 bits per heavy atom. The number of nitrogens with one attached hydrogen (secondary N) is 1. The van der Waals surface area contributed by atoms with E-state index in [9.17, 15) is 39.9 Å². The number of carbonyl (C=O) groups is 1. The van der Waals surface area contributed by atoms with Crippen molar-refractivity contribution in [3.05, 3.63) is 42.5 Å². The van der Waals surface area contributed by atoms with Crippen molar-refractivity contribution in [2.45, 2.75) is 12.4 Å². The lowest BCUT2D eigenvalue weighted by Gasteiger charge is -2.33. The van der Waals surface area contributed by atoms with Gasteiger partial charge in [-0.05, 0) is 12.1 Å². The maximum Gasteiger partial charge on any atom is 0.415 e. The summed E-state index contributed by atoms with van der Waals surface area (Å²) in [5.74, 6) is -5.48. The second-order valence-electron chi connectivity index (χ2n) is 4.09. The molecular formula is C12H7F8NO. The van der Waals surface area contributed by atoms with Crippen LogP contribution in [0.15, 0.2) is 30.9 Å². The lowest BCUT2D eigenvalue weighted by molar-refractivity contribution is -0.305. The largest absolute Gasteiger partial charge is 0.415 e. The Morgan fingerprint density at radius 2 is 1.50 bits per heavy atom. The predicted molar refractivity (Wildman–Crippen MR) is 59.7 cm³/mol. The number of carbonyl (C=O) groups excluding carboxylic acids is 1. The number of alkyl halides is 6. The van der Waals surface area contributed by atoms with Crippen LogP contribution in [0.1, 0.15) is 0 Å². The van der Waals surface area contributed by atoms with Crippen molar-refractivity contribution < 1.29 is 39.9 Å². The molecule has 1 aromatic carbocycles. The summed E-state index contributed by atoms with van der Waals surface area (Å²) in [5, 5.41) is 1.26. The molecule has 0 radical (unpaired) electrons. The first kappa shape index (κ1) is 17.9. The van der Waals surface area contributed by atoms with Crippen LogP contribution < -0.4 is 5.32 Å². The molecule has 0 aliphatic heterocycles. The Balaban J connectivity index is 3.30. The van der Waals surface area contributed by atoms with Crippen LogP contribution in [-0.2, 0) is 4.79 Å². The molecule has 0 heterocycles. The van der Waals surface area contributed by atoms with E-state index >= 15 is 0 Å². The zero-order chi connectivity index (χ0) is 17.3. The minimum atomic E-state index is -6.03. The summed E-state index contributed by atoms with van der Waals surface area (Å²) < 4.78 is 102. The molecule has 0 atom stereocenters. The lowest BCUT2D eigenvalue weighted by Crippen LogP contribution is -2.56. The van der Waals surface area contributed by atoms with Gasteiger partial charge < -0.3 is 5.32 Å². The highest BCUT2D eigenvalue weighted by molar-refractivity contribution is 5.98. The van der Waals surface area contributed by atoms with Gasteiger partial charge in [0.05, 0.1) is 0 Å². The zero-order valence-electron chi connectivity index (χ0n) is 10.4. The topological polar surface area (TPSA) is 29.1 Å². The van der Waals surface area contributed by atoms with E-state index in [2.05, 4.69) is 6.58 Å². The molecule has 0 aromatic heterocycles. The van der Waals surface area contributed by atoms with E-state index in [4.69, 9.17) is 0 Å². The molecule has 0 spiro atoms. The average molecular weight is 333 g/mol. The predicted octanol–water partition coefficient (Wildman–Crippen LogP) is 4.20. The van der Waals surface area contributed by atoms with Crippen molar-refractivity contribution in [3.63, 3.8) is 0 Å². The van der Waals surface area contributed by atoms with Crippen LogP contribution in [0.25, 0.3) is 0 Å². The van der Waals surface area contributed by atoms with E-state index in [0.717, 1.165) is 0 Å². The Kier molecular flexibility index (Phi) is 4.54. The molecule has 0 fully saturated rings. The molecule has 10 heteroatoms. The van der Waals surface area contributed by atoms with Gasteiger partial charge in [0.25, 0.3) is 11.3 Å². The molecule has 0 saturated carbocycles. The van der Waals surface area contributed by atoms with Gasteiger partial charge in [0.15, 0.2) is 11.6 Å². The standard InChI is InChI=1S/C12H7F8NO/c1-2-10(11(15,16)17,12(18,19)20)9(22)21-6-3-4-7(13)8(14)5-6/h2-5H,1H2,(H,21,22). The number of halogens is 8.